The SMILES string of the molecule is CN[CH]C(C)(C)c1ccccc1. The topological polar surface area (TPSA) is 12.0 Å². The van der Waals surface area contributed by atoms with Crippen molar-refractivity contribution in [1.82, 2.24) is 5.32 Å². The molecule has 1 radical (unpaired) electrons. The van der Waals surface area contributed by atoms with Crippen LogP contribution in [0.3, 0.4) is 0 Å². The van der Waals surface area contributed by atoms with E-state index in [1.165, 1.54) is 5.56 Å². The Labute approximate surface area is 74.8 Å². The molecule has 0 aliphatic rings. The molecule has 12 heavy (non-hydrogen) atoms. The molecule has 0 spiro atoms. The van der Waals surface area contributed by atoms with Crippen molar-refractivity contribution < 1.29 is 0 Å². The van der Waals surface area contributed by atoms with E-state index in [1.54, 1.807) is 0 Å². The summed E-state index contributed by atoms with van der Waals surface area (Å²) >= 11 is 0. The van der Waals surface area contributed by atoms with Gasteiger partial charge in [0, 0.05) is 12.0 Å². The first-order valence-corrected chi connectivity index (χ1v) is 4.24. The van der Waals surface area contributed by atoms with Crippen molar-refractivity contribution in [2.75, 3.05) is 7.05 Å². The van der Waals surface area contributed by atoms with Gasteiger partial charge in [0.1, 0.15) is 0 Å². The Hall–Kier alpha value is -0.820. The third-order valence-electron chi connectivity index (χ3n) is 2.02. The lowest BCUT2D eigenvalue weighted by Crippen LogP contribution is -2.24. The molecule has 1 aromatic carbocycles. The first-order valence-electron chi connectivity index (χ1n) is 4.24. The van der Waals surface area contributed by atoms with Crippen LogP contribution in [-0.4, -0.2) is 7.05 Å². The summed E-state index contributed by atoms with van der Waals surface area (Å²) in [5, 5.41) is 3.08. The van der Waals surface area contributed by atoms with E-state index in [2.05, 4.69) is 50.0 Å². The molecule has 65 valence electrons. The summed E-state index contributed by atoms with van der Waals surface area (Å²) in [6.07, 6.45) is 0. The van der Waals surface area contributed by atoms with Gasteiger partial charge in [0.25, 0.3) is 0 Å². The van der Waals surface area contributed by atoms with Crippen LogP contribution in [0.15, 0.2) is 30.3 Å². The second kappa shape index (κ2) is 3.72. The molecule has 0 heterocycles. The van der Waals surface area contributed by atoms with Crippen LogP contribution in [0.5, 0.6) is 0 Å². The minimum absolute atomic E-state index is 0.107. The quantitative estimate of drug-likeness (QED) is 0.719. The molecule has 1 rings (SSSR count). The van der Waals surface area contributed by atoms with Gasteiger partial charge in [-0.25, -0.2) is 0 Å². The summed E-state index contributed by atoms with van der Waals surface area (Å²) in [5.74, 6) is 0. The lowest BCUT2D eigenvalue weighted by Gasteiger charge is -2.24. The monoisotopic (exact) mass is 162 g/mol. The van der Waals surface area contributed by atoms with E-state index in [0.29, 0.717) is 0 Å². The standard InChI is InChI=1S/C11H16N/c1-11(2,9-12-3)10-7-5-4-6-8-10/h4-9,12H,1-3H3. The van der Waals surface area contributed by atoms with E-state index in [1.807, 2.05) is 13.1 Å². The first kappa shape index (κ1) is 9.27. The molecule has 0 saturated heterocycles. The van der Waals surface area contributed by atoms with E-state index in [9.17, 15) is 0 Å². The Kier molecular flexibility index (Phi) is 2.88. The molecule has 0 aliphatic heterocycles. The molecular weight excluding hydrogens is 146 g/mol. The molecule has 0 unspecified atom stereocenters. The maximum Gasteiger partial charge on any atom is 0.0318 e. The average molecular weight is 162 g/mol. The van der Waals surface area contributed by atoms with Crippen LogP contribution >= 0.6 is 0 Å². The van der Waals surface area contributed by atoms with Crippen molar-refractivity contribution in [3.8, 4) is 0 Å². The summed E-state index contributed by atoms with van der Waals surface area (Å²) in [7, 11) is 1.94. The molecule has 0 fully saturated rings. The number of hydrogen-bond donors (Lipinski definition) is 1. The van der Waals surface area contributed by atoms with Crippen molar-refractivity contribution in [2.45, 2.75) is 19.3 Å². The molecule has 0 saturated carbocycles. The maximum atomic E-state index is 3.08. The molecule has 1 nitrogen and oxygen atoms in total. The highest BCUT2D eigenvalue weighted by Gasteiger charge is 2.18. The molecule has 0 amide bonds. The lowest BCUT2D eigenvalue weighted by molar-refractivity contribution is 0.571. The molecule has 1 heteroatoms. The fourth-order valence-corrected chi connectivity index (χ4v) is 1.31. The van der Waals surface area contributed by atoms with Gasteiger partial charge in [-0.05, 0) is 12.6 Å². The van der Waals surface area contributed by atoms with Gasteiger partial charge in [-0.2, -0.15) is 0 Å². The predicted octanol–water partition coefficient (Wildman–Crippen LogP) is 2.35. The van der Waals surface area contributed by atoms with Gasteiger partial charge in [-0.15, -0.1) is 0 Å². The Bertz CT molecular complexity index is 226. The van der Waals surface area contributed by atoms with Crippen LogP contribution < -0.4 is 5.32 Å². The zero-order valence-corrected chi connectivity index (χ0v) is 7.96. The van der Waals surface area contributed by atoms with E-state index >= 15 is 0 Å². The summed E-state index contributed by atoms with van der Waals surface area (Å²) in [4.78, 5) is 0. The van der Waals surface area contributed by atoms with Gasteiger partial charge < -0.3 is 5.32 Å². The number of rotatable bonds is 3. The second-order valence-corrected chi connectivity index (χ2v) is 3.52. The van der Waals surface area contributed by atoms with Gasteiger partial charge in [-0.1, -0.05) is 44.2 Å². The van der Waals surface area contributed by atoms with Crippen molar-refractivity contribution in [3.05, 3.63) is 42.4 Å². The third kappa shape index (κ3) is 2.08. The van der Waals surface area contributed by atoms with Crippen LogP contribution in [0, 0.1) is 6.54 Å². The molecule has 1 aromatic rings. The minimum atomic E-state index is 0.107. The van der Waals surface area contributed by atoms with Gasteiger partial charge in [-0.3, -0.25) is 0 Å². The van der Waals surface area contributed by atoms with Gasteiger partial charge >= 0.3 is 0 Å². The summed E-state index contributed by atoms with van der Waals surface area (Å²) in [6, 6.07) is 10.5. The van der Waals surface area contributed by atoms with Crippen LogP contribution in [0.1, 0.15) is 19.4 Å². The smallest absolute Gasteiger partial charge is 0.0318 e. The largest absolute Gasteiger partial charge is 0.315 e. The van der Waals surface area contributed by atoms with Crippen LogP contribution in [0.2, 0.25) is 0 Å². The van der Waals surface area contributed by atoms with Crippen LogP contribution in [-0.2, 0) is 5.41 Å². The Morgan fingerprint density at radius 3 is 2.25 bits per heavy atom. The Morgan fingerprint density at radius 2 is 1.75 bits per heavy atom. The lowest BCUT2D eigenvalue weighted by atomic mass is 9.85. The van der Waals surface area contributed by atoms with Crippen LogP contribution in [0.25, 0.3) is 0 Å². The third-order valence-corrected chi connectivity index (χ3v) is 2.02. The molecule has 0 bridgehead atoms. The van der Waals surface area contributed by atoms with Crippen molar-refractivity contribution in [3.63, 3.8) is 0 Å². The van der Waals surface area contributed by atoms with E-state index < -0.39 is 0 Å². The normalized spacial score (nSPS) is 11.6. The number of nitrogens with one attached hydrogen (secondary N) is 1. The fourth-order valence-electron chi connectivity index (χ4n) is 1.31. The fraction of sp³-hybridized carbons (Fsp3) is 0.364. The molecule has 0 aromatic heterocycles. The molecular formula is C11H16N. The Morgan fingerprint density at radius 1 is 1.17 bits per heavy atom. The van der Waals surface area contributed by atoms with E-state index in [4.69, 9.17) is 0 Å². The van der Waals surface area contributed by atoms with Crippen molar-refractivity contribution in [2.24, 2.45) is 0 Å². The highest BCUT2D eigenvalue weighted by Crippen LogP contribution is 2.23. The summed E-state index contributed by atoms with van der Waals surface area (Å²) in [5.41, 5.74) is 1.44. The molecule has 0 atom stereocenters. The van der Waals surface area contributed by atoms with Gasteiger partial charge in [0.05, 0.1) is 0 Å². The zero-order valence-electron chi connectivity index (χ0n) is 7.96. The van der Waals surface area contributed by atoms with Crippen LogP contribution in [0.4, 0.5) is 0 Å². The van der Waals surface area contributed by atoms with Gasteiger partial charge in [0.15, 0.2) is 0 Å². The minimum Gasteiger partial charge on any atom is -0.315 e. The first-order chi connectivity index (χ1) is 5.67. The highest BCUT2D eigenvalue weighted by molar-refractivity contribution is 5.26. The maximum absolute atomic E-state index is 3.08. The predicted molar refractivity (Wildman–Crippen MR) is 52.8 cm³/mol. The van der Waals surface area contributed by atoms with E-state index in [0.717, 1.165) is 0 Å². The zero-order chi connectivity index (χ0) is 9.03. The number of likely N-dealkylation sites (N-methyl/N-ethyl adjacent to an activating group) is 1. The van der Waals surface area contributed by atoms with E-state index in [-0.39, 0.29) is 5.41 Å². The molecule has 1 N–H and O–H groups in total. The second-order valence-electron chi connectivity index (χ2n) is 3.52. The molecule has 0 aliphatic carbocycles. The summed E-state index contributed by atoms with van der Waals surface area (Å²) in [6.45, 7) is 6.49. The Balaban J connectivity index is 2.82. The van der Waals surface area contributed by atoms with Crippen molar-refractivity contribution >= 4 is 0 Å². The average Bonchev–Trinajstić information content (AvgIpc) is 2.06. The van der Waals surface area contributed by atoms with Gasteiger partial charge in [0.2, 0.25) is 0 Å². The highest BCUT2D eigenvalue weighted by atomic mass is 14.8. The number of hydrogen-bond acceptors (Lipinski definition) is 1. The summed E-state index contributed by atoms with van der Waals surface area (Å²) < 4.78 is 0. The number of benzene rings is 1. The van der Waals surface area contributed by atoms with Crippen molar-refractivity contribution in [1.29, 1.82) is 0 Å².